The number of para-hydroxylation sites is 1. The van der Waals surface area contributed by atoms with Crippen molar-refractivity contribution in [1.82, 2.24) is 5.32 Å². The third-order valence-electron chi connectivity index (χ3n) is 3.15. The number of ether oxygens (including phenoxy) is 1. The van der Waals surface area contributed by atoms with E-state index in [0.29, 0.717) is 5.75 Å². The van der Waals surface area contributed by atoms with Gasteiger partial charge < -0.3 is 10.1 Å². The summed E-state index contributed by atoms with van der Waals surface area (Å²) in [6.07, 6.45) is 0.155. The van der Waals surface area contributed by atoms with E-state index in [0.717, 1.165) is 6.07 Å². The van der Waals surface area contributed by atoms with Crippen molar-refractivity contribution in [1.29, 1.82) is 0 Å². The van der Waals surface area contributed by atoms with Gasteiger partial charge in [0.2, 0.25) is 5.91 Å². The highest BCUT2D eigenvalue weighted by Gasteiger charge is 2.14. The Morgan fingerprint density at radius 1 is 1.18 bits per heavy atom. The second-order valence-electron chi connectivity index (χ2n) is 4.87. The van der Waals surface area contributed by atoms with Gasteiger partial charge in [-0.15, -0.1) is 0 Å². The van der Waals surface area contributed by atoms with Crippen molar-refractivity contribution in [3.05, 3.63) is 65.7 Å². The summed E-state index contributed by atoms with van der Waals surface area (Å²) in [5, 5.41) is 2.66. The van der Waals surface area contributed by atoms with Crippen molar-refractivity contribution in [2.75, 3.05) is 6.61 Å². The fourth-order valence-corrected chi connectivity index (χ4v) is 2.02. The van der Waals surface area contributed by atoms with Gasteiger partial charge in [0, 0.05) is 11.6 Å². The quantitative estimate of drug-likeness (QED) is 0.885. The Hall–Kier alpha value is -2.43. The summed E-state index contributed by atoms with van der Waals surface area (Å²) in [6.45, 7) is 1.88. The Morgan fingerprint density at radius 2 is 1.91 bits per heavy atom. The van der Waals surface area contributed by atoms with Crippen LogP contribution in [-0.4, -0.2) is 12.5 Å². The zero-order valence-electron chi connectivity index (χ0n) is 12.2. The van der Waals surface area contributed by atoms with E-state index in [1.54, 1.807) is 19.1 Å². The van der Waals surface area contributed by atoms with Gasteiger partial charge in [-0.1, -0.05) is 24.3 Å². The van der Waals surface area contributed by atoms with Crippen molar-refractivity contribution < 1.29 is 18.3 Å². The van der Waals surface area contributed by atoms with Gasteiger partial charge >= 0.3 is 0 Å². The Balaban J connectivity index is 1.81. The highest BCUT2D eigenvalue weighted by atomic mass is 19.1. The first-order valence-corrected chi connectivity index (χ1v) is 6.98. The minimum absolute atomic E-state index is 0.155. The molecule has 0 aliphatic rings. The molecular weight excluding hydrogens is 288 g/mol. The molecule has 0 bridgehead atoms. The average Bonchev–Trinajstić information content (AvgIpc) is 2.48. The SMILES string of the molecule is CC(NC(=O)CCOc1ccccc1)c1ccc(F)cc1F. The van der Waals surface area contributed by atoms with Crippen LogP contribution in [-0.2, 0) is 4.79 Å². The van der Waals surface area contributed by atoms with E-state index in [2.05, 4.69) is 5.32 Å². The monoisotopic (exact) mass is 305 g/mol. The smallest absolute Gasteiger partial charge is 0.223 e. The first-order valence-electron chi connectivity index (χ1n) is 6.98. The third kappa shape index (κ3) is 4.55. The van der Waals surface area contributed by atoms with E-state index < -0.39 is 17.7 Å². The first-order chi connectivity index (χ1) is 10.6. The molecule has 2 rings (SSSR count). The highest BCUT2D eigenvalue weighted by Crippen LogP contribution is 2.17. The minimum atomic E-state index is -0.673. The van der Waals surface area contributed by atoms with E-state index in [-0.39, 0.29) is 24.5 Å². The number of amides is 1. The lowest BCUT2D eigenvalue weighted by atomic mass is 10.1. The van der Waals surface area contributed by atoms with Gasteiger partial charge in [-0.25, -0.2) is 8.78 Å². The molecule has 116 valence electrons. The van der Waals surface area contributed by atoms with E-state index in [1.165, 1.54) is 12.1 Å². The Labute approximate surface area is 127 Å². The summed E-state index contributed by atoms with van der Waals surface area (Å²) in [5.74, 6) is -0.885. The summed E-state index contributed by atoms with van der Waals surface area (Å²) in [6, 6.07) is 11.9. The van der Waals surface area contributed by atoms with Gasteiger partial charge in [-0.2, -0.15) is 0 Å². The maximum absolute atomic E-state index is 13.6. The molecule has 5 heteroatoms. The molecule has 0 aliphatic heterocycles. The number of hydrogen-bond acceptors (Lipinski definition) is 2. The van der Waals surface area contributed by atoms with Gasteiger partial charge in [-0.3, -0.25) is 4.79 Å². The second-order valence-corrected chi connectivity index (χ2v) is 4.87. The van der Waals surface area contributed by atoms with Crippen LogP contribution in [0.15, 0.2) is 48.5 Å². The predicted molar refractivity (Wildman–Crippen MR) is 79.5 cm³/mol. The van der Waals surface area contributed by atoms with Gasteiger partial charge in [0.1, 0.15) is 17.4 Å². The van der Waals surface area contributed by atoms with Crippen LogP contribution < -0.4 is 10.1 Å². The number of benzene rings is 2. The summed E-state index contributed by atoms with van der Waals surface area (Å²) in [4.78, 5) is 11.8. The van der Waals surface area contributed by atoms with Crippen molar-refractivity contribution in [3.63, 3.8) is 0 Å². The molecule has 0 radical (unpaired) electrons. The van der Waals surface area contributed by atoms with E-state index in [9.17, 15) is 13.6 Å². The summed E-state index contributed by atoms with van der Waals surface area (Å²) >= 11 is 0. The first kappa shape index (κ1) is 15.9. The maximum atomic E-state index is 13.6. The lowest BCUT2D eigenvalue weighted by molar-refractivity contribution is -0.122. The molecule has 1 amide bonds. The molecule has 1 N–H and O–H groups in total. The molecule has 22 heavy (non-hydrogen) atoms. The summed E-state index contributed by atoms with van der Waals surface area (Å²) in [7, 11) is 0. The van der Waals surface area contributed by atoms with E-state index in [4.69, 9.17) is 4.74 Å². The largest absolute Gasteiger partial charge is 0.493 e. The molecule has 2 aromatic carbocycles. The molecule has 0 heterocycles. The lowest BCUT2D eigenvalue weighted by Gasteiger charge is -2.15. The standard InChI is InChI=1S/C17H17F2NO2/c1-12(15-8-7-13(18)11-16(15)19)20-17(21)9-10-22-14-5-3-2-4-6-14/h2-8,11-12H,9-10H2,1H3,(H,20,21). The number of hydrogen-bond donors (Lipinski definition) is 1. The molecule has 1 unspecified atom stereocenters. The highest BCUT2D eigenvalue weighted by molar-refractivity contribution is 5.76. The second kappa shape index (κ2) is 7.54. The van der Waals surface area contributed by atoms with E-state index in [1.807, 2.05) is 18.2 Å². The van der Waals surface area contributed by atoms with Crippen LogP contribution in [0.4, 0.5) is 8.78 Å². The molecule has 3 nitrogen and oxygen atoms in total. The van der Waals surface area contributed by atoms with Crippen molar-refractivity contribution >= 4 is 5.91 Å². The normalized spacial score (nSPS) is 11.8. The van der Waals surface area contributed by atoms with Gasteiger partial charge in [0.25, 0.3) is 0 Å². The van der Waals surface area contributed by atoms with Gasteiger partial charge in [0.15, 0.2) is 0 Å². The number of halogens is 2. The van der Waals surface area contributed by atoms with Gasteiger partial charge in [-0.05, 0) is 25.1 Å². The predicted octanol–water partition coefficient (Wildman–Crippen LogP) is 3.61. The van der Waals surface area contributed by atoms with Crippen molar-refractivity contribution in [2.45, 2.75) is 19.4 Å². The molecule has 0 saturated carbocycles. The summed E-state index contributed by atoms with van der Waals surface area (Å²) in [5.41, 5.74) is 0.249. The van der Waals surface area contributed by atoms with Crippen LogP contribution in [0.2, 0.25) is 0 Å². The molecule has 0 spiro atoms. The van der Waals surface area contributed by atoms with Crippen LogP contribution in [0.25, 0.3) is 0 Å². The van der Waals surface area contributed by atoms with Crippen molar-refractivity contribution in [2.24, 2.45) is 0 Å². The molecule has 0 aliphatic carbocycles. The molecule has 2 aromatic rings. The zero-order chi connectivity index (χ0) is 15.9. The topological polar surface area (TPSA) is 38.3 Å². The summed E-state index contributed by atoms with van der Waals surface area (Å²) < 4.78 is 31.9. The van der Waals surface area contributed by atoms with Gasteiger partial charge in [0.05, 0.1) is 19.1 Å². The van der Waals surface area contributed by atoms with Crippen LogP contribution in [0, 0.1) is 11.6 Å². The van der Waals surface area contributed by atoms with Crippen LogP contribution in [0.5, 0.6) is 5.75 Å². The molecule has 1 atom stereocenters. The van der Waals surface area contributed by atoms with E-state index >= 15 is 0 Å². The van der Waals surface area contributed by atoms with Crippen LogP contribution >= 0.6 is 0 Å². The minimum Gasteiger partial charge on any atom is -0.493 e. The van der Waals surface area contributed by atoms with Crippen molar-refractivity contribution in [3.8, 4) is 5.75 Å². The Morgan fingerprint density at radius 3 is 2.59 bits per heavy atom. The molecule has 0 fully saturated rings. The van der Waals surface area contributed by atoms with Crippen LogP contribution in [0.3, 0.4) is 0 Å². The maximum Gasteiger partial charge on any atom is 0.223 e. The fourth-order valence-electron chi connectivity index (χ4n) is 2.02. The molecular formula is C17H17F2NO2. The lowest BCUT2D eigenvalue weighted by Crippen LogP contribution is -2.28. The zero-order valence-corrected chi connectivity index (χ0v) is 12.2. The molecule has 0 aromatic heterocycles. The number of carbonyl (C=O) groups excluding carboxylic acids is 1. The van der Waals surface area contributed by atoms with Crippen LogP contribution in [0.1, 0.15) is 24.9 Å². The molecule has 0 saturated heterocycles. The number of nitrogens with one attached hydrogen (secondary N) is 1. The third-order valence-corrected chi connectivity index (χ3v) is 3.15. The Bertz CT molecular complexity index is 632. The number of rotatable bonds is 6. The Kier molecular flexibility index (Phi) is 5.47. The number of carbonyl (C=O) groups is 1. The average molecular weight is 305 g/mol. The fraction of sp³-hybridized carbons (Fsp3) is 0.235.